The maximum absolute atomic E-state index is 11.9. The van der Waals surface area contributed by atoms with Crippen molar-refractivity contribution in [1.82, 2.24) is 5.32 Å². The third kappa shape index (κ3) is 3.73. The molecule has 2 N–H and O–H groups in total. The van der Waals surface area contributed by atoms with Gasteiger partial charge in [0.15, 0.2) is 0 Å². The van der Waals surface area contributed by atoms with Crippen molar-refractivity contribution in [2.45, 2.75) is 38.1 Å². The van der Waals surface area contributed by atoms with Gasteiger partial charge in [-0.15, -0.1) is 0 Å². The summed E-state index contributed by atoms with van der Waals surface area (Å²) < 4.78 is 0. The van der Waals surface area contributed by atoms with E-state index in [1.807, 2.05) is 25.2 Å². The van der Waals surface area contributed by atoms with Gasteiger partial charge in [-0.2, -0.15) is 0 Å². The Hall–Kier alpha value is -1.55. The van der Waals surface area contributed by atoms with Gasteiger partial charge >= 0.3 is 0 Å². The molecule has 0 unspecified atom stereocenters. The van der Waals surface area contributed by atoms with Gasteiger partial charge < -0.3 is 15.5 Å². The Bertz CT molecular complexity index is 441. The standard InChI is InChI=1S/C16H25N3O/c1-17-12-11-16(20)18-14-9-5-6-10-15(14)19(2)13-7-3-4-8-13/h5-6,9-10,13,17H,3-4,7-8,11-12H2,1-2H3,(H,18,20). The van der Waals surface area contributed by atoms with Crippen molar-refractivity contribution in [3.8, 4) is 0 Å². The van der Waals surface area contributed by atoms with Gasteiger partial charge in [0.05, 0.1) is 11.4 Å². The first-order chi connectivity index (χ1) is 9.72. The number of carbonyl (C=O) groups is 1. The third-order valence-electron chi connectivity index (χ3n) is 4.03. The first kappa shape index (κ1) is 14.9. The average molecular weight is 275 g/mol. The van der Waals surface area contributed by atoms with Crippen LogP contribution in [0.4, 0.5) is 11.4 Å². The molecule has 1 amide bonds. The van der Waals surface area contributed by atoms with Crippen LogP contribution in [0.5, 0.6) is 0 Å². The number of amides is 1. The number of para-hydroxylation sites is 2. The van der Waals surface area contributed by atoms with Crippen LogP contribution in [0.25, 0.3) is 0 Å². The highest BCUT2D eigenvalue weighted by molar-refractivity contribution is 5.94. The fourth-order valence-corrected chi connectivity index (χ4v) is 2.83. The minimum Gasteiger partial charge on any atom is -0.370 e. The summed E-state index contributed by atoms with van der Waals surface area (Å²) in [6, 6.07) is 8.68. The van der Waals surface area contributed by atoms with Crippen LogP contribution in [0, 0.1) is 0 Å². The molecule has 1 fully saturated rings. The van der Waals surface area contributed by atoms with E-state index in [9.17, 15) is 4.79 Å². The van der Waals surface area contributed by atoms with E-state index in [1.54, 1.807) is 0 Å². The minimum absolute atomic E-state index is 0.0617. The molecule has 110 valence electrons. The largest absolute Gasteiger partial charge is 0.370 e. The maximum atomic E-state index is 11.9. The number of anilines is 2. The summed E-state index contributed by atoms with van der Waals surface area (Å²) >= 11 is 0. The number of rotatable bonds is 6. The number of nitrogens with zero attached hydrogens (tertiary/aromatic N) is 1. The number of benzene rings is 1. The van der Waals surface area contributed by atoms with E-state index in [1.165, 1.54) is 25.7 Å². The molecule has 0 bridgehead atoms. The summed E-state index contributed by atoms with van der Waals surface area (Å²) in [5.74, 6) is 0.0617. The van der Waals surface area contributed by atoms with Crippen molar-refractivity contribution in [3.05, 3.63) is 24.3 Å². The molecule has 4 nitrogen and oxygen atoms in total. The van der Waals surface area contributed by atoms with Gasteiger partial charge in [-0.1, -0.05) is 25.0 Å². The summed E-state index contributed by atoms with van der Waals surface area (Å²) in [5, 5.41) is 6.02. The highest BCUT2D eigenvalue weighted by Crippen LogP contribution is 2.31. The molecule has 1 aliphatic carbocycles. The predicted octanol–water partition coefficient (Wildman–Crippen LogP) is 2.61. The highest BCUT2D eigenvalue weighted by atomic mass is 16.1. The van der Waals surface area contributed by atoms with E-state index >= 15 is 0 Å². The van der Waals surface area contributed by atoms with Crippen LogP contribution in [0.2, 0.25) is 0 Å². The van der Waals surface area contributed by atoms with E-state index in [4.69, 9.17) is 0 Å². The lowest BCUT2D eigenvalue weighted by atomic mass is 10.1. The van der Waals surface area contributed by atoms with E-state index in [-0.39, 0.29) is 5.91 Å². The zero-order valence-corrected chi connectivity index (χ0v) is 12.5. The highest BCUT2D eigenvalue weighted by Gasteiger charge is 2.21. The molecule has 0 radical (unpaired) electrons. The van der Waals surface area contributed by atoms with Crippen molar-refractivity contribution in [3.63, 3.8) is 0 Å². The quantitative estimate of drug-likeness (QED) is 0.839. The van der Waals surface area contributed by atoms with Crippen molar-refractivity contribution >= 4 is 17.3 Å². The van der Waals surface area contributed by atoms with Crippen LogP contribution in [-0.2, 0) is 4.79 Å². The summed E-state index contributed by atoms with van der Waals surface area (Å²) in [6.07, 6.45) is 5.62. The molecule has 1 aromatic carbocycles. The lowest BCUT2D eigenvalue weighted by Crippen LogP contribution is -2.30. The van der Waals surface area contributed by atoms with Gasteiger partial charge in [-0.05, 0) is 32.0 Å². The molecule has 0 saturated heterocycles. The molecule has 0 aromatic heterocycles. The molecular formula is C16H25N3O. The summed E-state index contributed by atoms with van der Waals surface area (Å²) in [5.41, 5.74) is 2.04. The molecule has 0 aliphatic heterocycles. The van der Waals surface area contributed by atoms with Crippen LogP contribution in [0.1, 0.15) is 32.1 Å². The van der Waals surface area contributed by atoms with Gasteiger partial charge in [-0.25, -0.2) is 0 Å². The number of nitrogens with one attached hydrogen (secondary N) is 2. The monoisotopic (exact) mass is 275 g/mol. The summed E-state index contributed by atoms with van der Waals surface area (Å²) in [4.78, 5) is 14.2. The van der Waals surface area contributed by atoms with E-state index in [0.717, 1.165) is 11.4 Å². The zero-order valence-electron chi connectivity index (χ0n) is 12.5. The van der Waals surface area contributed by atoms with Crippen LogP contribution < -0.4 is 15.5 Å². The second-order valence-corrected chi connectivity index (χ2v) is 5.47. The number of hydrogen-bond donors (Lipinski definition) is 2. The lowest BCUT2D eigenvalue weighted by molar-refractivity contribution is -0.116. The van der Waals surface area contributed by atoms with E-state index in [2.05, 4.69) is 28.6 Å². The second-order valence-electron chi connectivity index (χ2n) is 5.47. The minimum atomic E-state index is 0.0617. The van der Waals surface area contributed by atoms with Crippen LogP contribution in [-0.4, -0.2) is 32.6 Å². The SMILES string of the molecule is CNCCC(=O)Nc1ccccc1N(C)C1CCCC1. The molecule has 1 aliphatic rings. The second kappa shape index (κ2) is 7.29. The molecule has 0 atom stereocenters. The maximum Gasteiger partial charge on any atom is 0.225 e. The molecule has 0 spiro atoms. The Kier molecular flexibility index (Phi) is 5.41. The molecule has 4 heteroatoms. The van der Waals surface area contributed by atoms with E-state index < -0.39 is 0 Å². The molecule has 1 saturated carbocycles. The topological polar surface area (TPSA) is 44.4 Å². The van der Waals surface area contributed by atoms with Crippen LogP contribution in [0.15, 0.2) is 24.3 Å². The molecule has 2 rings (SSSR count). The van der Waals surface area contributed by atoms with Crippen LogP contribution in [0.3, 0.4) is 0 Å². The average Bonchev–Trinajstić information content (AvgIpc) is 2.99. The fourth-order valence-electron chi connectivity index (χ4n) is 2.83. The van der Waals surface area contributed by atoms with Crippen molar-refractivity contribution in [2.24, 2.45) is 0 Å². The molecule has 20 heavy (non-hydrogen) atoms. The molecule has 1 aromatic rings. The molecule has 0 heterocycles. The van der Waals surface area contributed by atoms with Crippen molar-refractivity contribution < 1.29 is 4.79 Å². The Morgan fingerprint density at radius 3 is 2.70 bits per heavy atom. The Morgan fingerprint density at radius 1 is 1.30 bits per heavy atom. The summed E-state index contributed by atoms with van der Waals surface area (Å²) in [7, 11) is 3.99. The number of carbonyl (C=O) groups excluding carboxylic acids is 1. The molecular weight excluding hydrogens is 250 g/mol. The normalized spacial score (nSPS) is 15.3. The smallest absolute Gasteiger partial charge is 0.225 e. The zero-order chi connectivity index (χ0) is 14.4. The van der Waals surface area contributed by atoms with Gasteiger partial charge in [-0.3, -0.25) is 4.79 Å². The Morgan fingerprint density at radius 2 is 2.00 bits per heavy atom. The summed E-state index contributed by atoms with van der Waals surface area (Å²) in [6.45, 7) is 0.701. The van der Waals surface area contributed by atoms with Crippen LogP contribution >= 0.6 is 0 Å². The Labute approximate surface area is 121 Å². The predicted molar refractivity (Wildman–Crippen MR) is 84.3 cm³/mol. The first-order valence-electron chi connectivity index (χ1n) is 7.48. The number of hydrogen-bond acceptors (Lipinski definition) is 3. The van der Waals surface area contributed by atoms with Crippen molar-refractivity contribution in [2.75, 3.05) is 30.9 Å². The van der Waals surface area contributed by atoms with Gasteiger partial charge in [0, 0.05) is 26.1 Å². The van der Waals surface area contributed by atoms with Gasteiger partial charge in [0.2, 0.25) is 5.91 Å². The fraction of sp³-hybridized carbons (Fsp3) is 0.562. The Balaban J connectivity index is 2.07. The lowest BCUT2D eigenvalue weighted by Gasteiger charge is -2.28. The van der Waals surface area contributed by atoms with Gasteiger partial charge in [0.25, 0.3) is 0 Å². The third-order valence-corrected chi connectivity index (χ3v) is 4.03. The van der Waals surface area contributed by atoms with E-state index in [0.29, 0.717) is 19.0 Å². The first-order valence-corrected chi connectivity index (χ1v) is 7.48. The van der Waals surface area contributed by atoms with Gasteiger partial charge in [0.1, 0.15) is 0 Å². The van der Waals surface area contributed by atoms with Crippen molar-refractivity contribution in [1.29, 1.82) is 0 Å².